The van der Waals surface area contributed by atoms with E-state index in [2.05, 4.69) is 97.1 Å². The summed E-state index contributed by atoms with van der Waals surface area (Å²) < 4.78 is 0. The van der Waals surface area contributed by atoms with Crippen LogP contribution in [0.5, 0.6) is 0 Å². The summed E-state index contributed by atoms with van der Waals surface area (Å²) in [4.78, 5) is 0.823. The molecule has 144 valence electrons. The maximum Gasteiger partial charge on any atom is 0.0455 e. The molecule has 0 fully saturated rings. The quantitative estimate of drug-likeness (QED) is 0.105. The lowest BCUT2D eigenvalue weighted by atomic mass is 9.89. The summed E-state index contributed by atoms with van der Waals surface area (Å²) in [7, 11) is 0. The lowest BCUT2D eigenvalue weighted by Crippen LogP contribution is -1.98. The molecule has 0 bridgehead atoms. The van der Waals surface area contributed by atoms with Gasteiger partial charge in [-0.15, -0.1) is 0 Å². The van der Waals surface area contributed by atoms with Gasteiger partial charge in [0.05, 0.1) is 0 Å². The molecule has 0 radical (unpaired) electrons. The van der Waals surface area contributed by atoms with Crippen molar-refractivity contribution in [3.8, 4) is 0 Å². The van der Waals surface area contributed by atoms with Gasteiger partial charge in [0.15, 0.2) is 0 Å². The molecule has 4 rings (SSSR count). The van der Waals surface area contributed by atoms with Crippen LogP contribution in [0.4, 0.5) is 0 Å². The van der Waals surface area contributed by atoms with E-state index in [1.165, 1.54) is 0 Å². The Balaban J connectivity index is 1.91. The van der Waals surface area contributed by atoms with E-state index in [0.29, 0.717) is 0 Å². The minimum Gasteiger partial charge on any atom is -0.0794 e. The predicted octanol–water partition coefficient (Wildman–Crippen LogP) is 7.73. The molecule has 0 aromatic heterocycles. The lowest BCUT2D eigenvalue weighted by Gasteiger charge is -2.15. The maximum atomic E-state index is 5.83. The number of hydrogen-bond acceptors (Lipinski definition) is 1. The molecule has 0 unspecified atom stereocenters. The Morgan fingerprint density at radius 1 is 0.467 bits per heavy atom. The average Bonchev–Trinajstić information content (AvgIpc) is 2.83. The number of rotatable bonds is 6. The van der Waals surface area contributed by atoms with Crippen molar-refractivity contribution in [2.24, 2.45) is 0 Å². The van der Waals surface area contributed by atoms with Gasteiger partial charge < -0.3 is 0 Å². The van der Waals surface area contributed by atoms with Crippen LogP contribution in [0.2, 0.25) is 0 Å². The second kappa shape index (κ2) is 9.78. The van der Waals surface area contributed by atoms with Crippen molar-refractivity contribution < 1.29 is 0 Å². The normalized spacial score (nSPS) is 11.9. The highest BCUT2D eigenvalue weighted by Gasteiger charge is 2.12. The van der Waals surface area contributed by atoms with Crippen molar-refractivity contribution in [3.63, 3.8) is 0 Å². The molecule has 0 aliphatic rings. The molecule has 30 heavy (non-hydrogen) atoms. The summed E-state index contributed by atoms with van der Waals surface area (Å²) >= 11 is 5.83. The molecule has 4 aromatic carbocycles. The zero-order valence-corrected chi connectivity index (χ0v) is 17.4. The van der Waals surface area contributed by atoms with Gasteiger partial charge in [-0.3, -0.25) is 0 Å². The predicted molar refractivity (Wildman–Crippen MR) is 133 cm³/mol. The third-order valence-electron chi connectivity index (χ3n) is 4.90. The molecule has 0 heterocycles. The second-order valence-corrected chi connectivity index (χ2v) is 7.43. The molecular formula is C29H22S. The van der Waals surface area contributed by atoms with E-state index >= 15 is 0 Å². The largest absolute Gasteiger partial charge is 0.0794 e. The zero-order valence-electron chi connectivity index (χ0n) is 16.6. The van der Waals surface area contributed by atoms with Crippen molar-refractivity contribution in [2.45, 2.75) is 0 Å². The van der Waals surface area contributed by atoms with Gasteiger partial charge in [0.25, 0.3) is 0 Å². The molecule has 0 N–H and O–H groups in total. The molecular weight excluding hydrogens is 380 g/mol. The van der Waals surface area contributed by atoms with Crippen molar-refractivity contribution in [1.82, 2.24) is 0 Å². The highest BCUT2D eigenvalue weighted by Crippen LogP contribution is 2.33. The molecule has 4 aromatic rings. The van der Waals surface area contributed by atoms with Gasteiger partial charge in [-0.05, 0) is 45.6 Å². The van der Waals surface area contributed by atoms with Crippen LogP contribution in [-0.4, -0.2) is 4.86 Å². The smallest absolute Gasteiger partial charge is 0.0455 e. The van der Waals surface area contributed by atoms with Crippen molar-refractivity contribution >= 4 is 34.3 Å². The minimum absolute atomic E-state index is 0.823. The molecule has 0 nitrogen and oxygen atoms in total. The first kappa shape index (κ1) is 19.8. The number of hydrogen-bond donors (Lipinski definition) is 0. The van der Waals surface area contributed by atoms with E-state index in [1.54, 1.807) is 0 Å². The number of allylic oxidation sites excluding steroid dienone is 3. The summed E-state index contributed by atoms with van der Waals surface area (Å²) in [5.74, 6) is 0. The summed E-state index contributed by atoms with van der Waals surface area (Å²) in [6, 6.07) is 41.6. The molecule has 0 saturated heterocycles. The van der Waals surface area contributed by atoms with Crippen LogP contribution in [0.25, 0.3) is 17.2 Å². The van der Waals surface area contributed by atoms with Crippen LogP contribution >= 0.6 is 12.2 Å². The standard InChI is InChI=1S/C29H22S/c30-29(26-19-11-4-12-20-26)22-28(25-17-9-3-10-18-25)27(24-15-7-2-8-16-24)21-23-13-5-1-6-14-23/h1-22H/b27-21+,28-22-. The first-order valence-corrected chi connectivity index (χ1v) is 10.4. The average molecular weight is 403 g/mol. The summed E-state index contributed by atoms with van der Waals surface area (Å²) in [5, 5.41) is 0. The van der Waals surface area contributed by atoms with Crippen molar-refractivity contribution in [2.75, 3.05) is 0 Å². The highest BCUT2D eigenvalue weighted by atomic mass is 32.1. The van der Waals surface area contributed by atoms with Crippen LogP contribution in [0.15, 0.2) is 127 Å². The van der Waals surface area contributed by atoms with Gasteiger partial charge in [0.1, 0.15) is 0 Å². The topological polar surface area (TPSA) is 0 Å². The van der Waals surface area contributed by atoms with E-state index in [9.17, 15) is 0 Å². The molecule has 0 aliphatic carbocycles. The van der Waals surface area contributed by atoms with Crippen LogP contribution in [-0.2, 0) is 0 Å². The molecule has 0 aliphatic heterocycles. The Hall–Kier alpha value is -3.55. The minimum atomic E-state index is 0.823. The molecule has 0 spiro atoms. The Morgan fingerprint density at radius 2 is 0.867 bits per heavy atom. The van der Waals surface area contributed by atoms with Crippen LogP contribution < -0.4 is 0 Å². The zero-order chi connectivity index (χ0) is 20.6. The first-order chi connectivity index (χ1) is 14.8. The van der Waals surface area contributed by atoms with Crippen LogP contribution in [0.1, 0.15) is 22.3 Å². The van der Waals surface area contributed by atoms with Gasteiger partial charge in [-0.1, -0.05) is 134 Å². The van der Waals surface area contributed by atoms with Crippen molar-refractivity contribution in [1.29, 1.82) is 0 Å². The third kappa shape index (κ3) is 4.89. The summed E-state index contributed by atoms with van der Waals surface area (Å²) in [6.45, 7) is 0. The van der Waals surface area contributed by atoms with Gasteiger partial charge in [0.2, 0.25) is 0 Å². The molecule has 0 amide bonds. The van der Waals surface area contributed by atoms with Crippen LogP contribution in [0, 0.1) is 0 Å². The van der Waals surface area contributed by atoms with Gasteiger partial charge >= 0.3 is 0 Å². The number of thiocarbonyl (C=S) groups is 1. The molecule has 0 atom stereocenters. The second-order valence-electron chi connectivity index (χ2n) is 6.99. The highest BCUT2D eigenvalue weighted by molar-refractivity contribution is 7.81. The van der Waals surface area contributed by atoms with Gasteiger partial charge in [-0.25, -0.2) is 0 Å². The van der Waals surface area contributed by atoms with Crippen LogP contribution in [0.3, 0.4) is 0 Å². The Morgan fingerprint density at radius 3 is 1.37 bits per heavy atom. The summed E-state index contributed by atoms with van der Waals surface area (Å²) in [5.41, 5.74) is 6.76. The monoisotopic (exact) mass is 402 g/mol. The summed E-state index contributed by atoms with van der Waals surface area (Å²) in [6.07, 6.45) is 4.36. The van der Waals surface area contributed by atoms with E-state index in [4.69, 9.17) is 12.2 Å². The molecule has 1 heteroatoms. The van der Waals surface area contributed by atoms with E-state index in [-0.39, 0.29) is 0 Å². The fraction of sp³-hybridized carbons (Fsp3) is 0. The third-order valence-corrected chi connectivity index (χ3v) is 5.26. The van der Waals surface area contributed by atoms with E-state index in [0.717, 1.165) is 38.3 Å². The van der Waals surface area contributed by atoms with E-state index < -0.39 is 0 Å². The van der Waals surface area contributed by atoms with E-state index in [1.807, 2.05) is 36.4 Å². The Kier molecular flexibility index (Phi) is 6.44. The Bertz CT molecular complexity index is 1160. The fourth-order valence-corrected chi connectivity index (χ4v) is 3.66. The Labute approximate surface area is 183 Å². The SMILES string of the molecule is S=C(/C=C(\C(=C\c1ccccc1)c1ccccc1)c1ccccc1)c1ccccc1. The van der Waals surface area contributed by atoms with Gasteiger partial charge in [0, 0.05) is 4.86 Å². The maximum absolute atomic E-state index is 5.83. The number of benzene rings is 4. The van der Waals surface area contributed by atoms with Gasteiger partial charge in [-0.2, -0.15) is 0 Å². The first-order valence-electron chi connectivity index (χ1n) is 10.0. The molecule has 0 saturated carbocycles. The van der Waals surface area contributed by atoms with Crippen molar-refractivity contribution in [3.05, 3.63) is 150 Å². The fourth-order valence-electron chi connectivity index (χ4n) is 3.40. The lowest BCUT2D eigenvalue weighted by molar-refractivity contribution is 1.58.